The average Bonchev–Trinajstić information content (AvgIpc) is 3.07. The molecule has 0 unspecified atom stereocenters. The highest BCUT2D eigenvalue weighted by Crippen LogP contribution is 2.46. The van der Waals surface area contributed by atoms with Crippen molar-refractivity contribution in [3.05, 3.63) is 20.8 Å². The molecule has 1 amide bonds. The third kappa shape index (κ3) is 2.75. The summed E-state index contributed by atoms with van der Waals surface area (Å²) in [4.78, 5) is 24.6. The van der Waals surface area contributed by atoms with Crippen LogP contribution in [0.1, 0.15) is 17.7 Å². The summed E-state index contributed by atoms with van der Waals surface area (Å²) in [5, 5.41) is 2.81. The van der Waals surface area contributed by atoms with Gasteiger partial charge in [0.25, 0.3) is 0 Å². The lowest BCUT2D eigenvalue weighted by Gasteiger charge is -2.12. The first kappa shape index (κ1) is 13.5. The average molecular weight is 332 g/mol. The van der Waals surface area contributed by atoms with E-state index in [9.17, 15) is 9.59 Å². The fourth-order valence-electron chi connectivity index (χ4n) is 1.80. The molecule has 0 aliphatic heterocycles. The minimum absolute atomic E-state index is 0.204. The molecule has 2 rings (SSSR count). The molecule has 1 aromatic heterocycles. The molecule has 1 fully saturated rings. The summed E-state index contributed by atoms with van der Waals surface area (Å²) in [5.74, 6) is -0.621. The Morgan fingerprint density at radius 3 is 2.72 bits per heavy atom. The molecule has 0 spiro atoms. The van der Waals surface area contributed by atoms with Gasteiger partial charge in [0.15, 0.2) is 0 Å². The van der Waals surface area contributed by atoms with Crippen molar-refractivity contribution in [1.82, 2.24) is 5.32 Å². The summed E-state index contributed by atoms with van der Waals surface area (Å²) in [6.07, 6.45) is 1.96. The van der Waals surface area contributed by atoms with Crippen LogP contribution in [0, 0.1) is 5.41 Å². The summed E-state index contributed by atoms with van der Waals surface area (Å²) in [5.41, 5.74) is -0.898. The third-order valence-electron chi connectivity index (χ3n) is 3.05. The zero-order valence-electron chi connectivity index (χ0n) is 9.99. The Bertz CT molecular complexity index is 468. The van der Waals surface area contributed by atoms with Crippen LogP contribution in [0.3, 0.4) is 0 Å². The molecule has 6 heteroatoms. The maximum absolute atomic E-state index is 11.9. The number of thiophene rings is 1. The summed E-state index contributed by atoms with van der Waals surface area (Å²) in [6.45, 7) is 0.546. The second kappa shape index (κ2) is 5.40. The molecule has 98 valence electrons. The SMILES string of the molecule is COC(=O)C1(C(=O)NCCc2ccc(Br)s2)CC1. The van der Waals surface area contributed by atoms with Crippen molar-refractivity contribution < 1.29 is 14.3 Å². The van der Waals surface area contributed by atoms with Crippen LogP contribution in [0.15, 0.2) is 15.9 Å². The van der Waals surface area contributed by atoms with Gasteiger partial charge in [-0.05, 0) is 47.3 Å². The van der Waals surface area contributed by atoms with Crippen molar-refractivity contribution in [2.45, 2.75) is 19.3 Å². The van der Waals surface area contributed by atoms with E-state index in [1.165, 1.54) is 12.0 Å². The number of hydrogen-bond acceptors (Lipinski definition) is 4. The van der Waals surface area contributed by atoms with E-state index in [-0.39, 0.29) is 5.91 Å². The van der Waals surface area contributed by atoms with E-state index in [0.717, 1.165) is 10.2 Å². The molecule has 0 radical (unpaired) electrons. The van der Waals surface area contributed by atoms with Gasteiger partial charge >= 0.3 is 5.97 Å². The van der Waals surface area contributed by atoms with E-state index in [2.05, 4.69) is 26.0 Å². The Labute approximate surface area is 118 Å². The quantitative estimate of drug-likeness (QED) is 0.664. The number of esters is 1. The van der Waals surface area contributed by atoms with E-state index in [0.29, 0.717) is 19.4 Å². The molecular weight excluding hydrogens is 318 g/mol. The number of ether oxygens (including phenoxy) is 1. The van der Waals surface area contributed by atoms with Crippen LogP contribution in [-0.4, -0.2) is 25.5 Å². The molecule has 0 atom stereocenters. The van der Waals surface area contributed by atoms with Crippen LogP contribution >= 0.6 is 27.3 Å². The Hall–Kier alpha value is -0.880. The van der Waals surface area contributed by atoms with Gasteiger partial charge in [-0.25, -0.2) is 0 Å². The van der Waals surface area contributed by atoms with Gasteiger partial charge in [0.1, 0.15) is 5.41 Å². The molecule has 18 heavy (non-hydrogen) atoms. The maximum Gasteiger partial charge on any atom is 0.321 e. The van der Waals surface area contributed by atoms with Gasteiger partial charge in [-0.1, -0.05) is 0 Å². The van der Waals surface area contributed by atoms with Crippen molar-refractivity contribution in [3.63, 3.8) is 0 Å². The Balaban J connectivity index is 1.80. The van der Waals surface area contributed by atoms with Crippen molar-refractivity contribution in [1.29, 1.82) is 0 Å². The van der Waals surface area contributed by atoms with Crippen molar-refractivity contribution in [2.75, 3.05) is 13.7 Å². The number of carbonyl (C=O) groups excluding carboxylic acids is 2. The third-order valence-corrected chi connectivity index (χ3v) is 4.73. The van der Waals surface area contributed by atoms with Crippen LogP contribution in [0.4, 0.5) is 0 Å². The highest BCUT2D eigenvalue weighted by Gasteiger charge is 2.57. The fourth-order valence-corrected chi connectivity index (χ4v) is 3.28. The lowest BCUT2D eigenvalue weighted by molar-refractivity contribution is -0.152. The summed E-state index contributed by atoms with van der Waals surface area (Å²) in [7, 11) is 1.32. The van der Waals surface area contributed by atoms with E-state index in [4.69, 9.17) is 0 Å². The first-order valence-corrected chi connectivity index (χ1v) is 7.30. The van der Waals surface area contributed by atoms with Gasteiger partial charge in [-0.2, -0.15) is 0 Å². The lowest BCUT2D eigenvalue weighted by Crippen LogP contribution is -2.38. The van der Waals surface area contributed by atoms with Crippen molar-refractivity contribution in [3.8, 4) is 0 Å². The predicted octanol–water partition coefficient (Wildman–Crippen LogP) is 2.12. The number of hydrogen-bond donors (Lipinski definition) is 1. The number of rotatable bonds is 5. The summed E-state index contributed by atoms with van der Waals surface area (Å²) >= 11 is 5.04. The van der Waals surface area contributed by atoms with Crippen LogP contribution < -0.4 is 5.32 Å². The van der Waals surface area contributed by atoms with Crippen LogP contribution in [0.5, 0.6) is 0 Å². The molecular formula is C12H14BrNO3S. The number of halogens is 1. The second-order valence-corrected chi connectivity index (χ2v) is 6.83. The Morgan fingerprint density at radius 2 is 2.22 bits per heavy atom. The van der Waals surface area contributed by atoms with E-state index in [1.807, 2.05) is 12.1 Å². The standard InChI is InChI=1S/C12H14BrNO3S/c1-17-11(16)12(5-6-12)10(15)14-7-4-8-2-3-9(13)18-8/h2-3H,4-7H2,1H3,(H,14,15). The molecule has 4 nitrogen and oxygen atoms in total. The number of carbonyl (C=O) groups is 2. The number of amides is 1. The van der Waals surface area contributed by atoms with E-state index in [1.54, 1.807) is 11.3 Å². The van der Waals surface area contributed by atoms with Gasteiger partial charge in [0, 0.05) is 11.4 Å². The Kier molecular flexibility index (Phi) is 4.07. The van der Waals surface area contributed by atoms with Crippen LogP contribution in [0.25, 0.3) is 0 Å². The summed E-state index contributed by atoms with van der Waals surface area (Å²) < 4.78 is 5.74. The lowest BCUT2D eigenvalue weighted by atomic mass is 10.1. The zero-order valence-corrected chi connectivity index (χ0v) is 12.4. The topological polar surface area (TPSA) is 55.4 Å². The van der Waals surface area contributed by atoms with Gasteiger partial charge in [-0.15, -0.1) is 11.3 Å². The maximum atomic E-state index is 11.9. The van der Waals surface area contributed by atoms with Gasteiger partial charge in [0.05, 0.1) is 10.9 Å². The molecule has 1 aromatic rings. The molecule has 0 aromatic carbocycles. The molecule has 0 saturated heterocycles. The van der Waals surface area contributed by atoms with Gasteiger partial charge in [-0.3, -0.25) is 9.59 Å². The van der Waals surface area contributed by atoms with Crippen molar-refractivity contribution >= 4 is 39.1 Å². The zero-order chi connectivity index (χ0) is 13.2. The monoisotopic (exact) mass is 331 g/mol. The van der Waals surface area contributed by atoms with Crippen LogP contribution in [-0.2, 0) is 20.7 Å². The second-order valence-electron chi connectivity index (χ2n) is 4.29. The smallest absolute Gasteiger partial charge is 0.321 e. The van der Waals surface area contributed by atoms with E-state index < -0.39 is 11.4 Å². The highest BCUT2D eigenvalue weighted by atomic mass is 79.9. The van der Waals surface area contributed by atoms with Gasteiger partial charge < -0.3 is 10.1 Å². The van der Waals surface area contributed by atoms with Crippen LogP contribution in [0.2, 0.25) is 0 Å². The van der Waals surface area contributed by atoms with E-state index >= 15 is 0 Å². The summed E-state index contributed by atoms with van der Waals surface area (Å²) in [6, 6.07) is 4.01. The number of methoxy groups -OCH3 is 1. The molecule has 0 bridgehead atoms. The minimum atomic E-state index is -0.898. The molecule has 1 saturated carbocycles. The predicted molar refractivity (Wildman–Crippen MR) is 72.4 cm³/mol. The molecule has 1 N–H and O–H groups in total. The Morgan fingerprint density at radius 1 is 1.50 bits per heavy atom. The normalized spacial score (nSPS) is 16.1. The molecule has 1 aliphatic rings. The fraction of sp³-hybridized carbons (Fsp3) is 0.500. The minimum Gasteiger partial charge on any atom is -0.468 e. The first-order valence-electron chi connectivity index (χ1n) is 5.69. The van der Waals surface area contributed by atoms with Gasteiger partial charge in [0.2, 0.25) is 5.91 Å². The first-order chi connectivity index (χ1) is 8.58. The molecule has 1 heterocycles. The molecule has 1 aliphatic carbocycles. The highest BCUT2D eigenvalue weighted by molar-refractivity contribution is 9.11. The van der Waals surface area contributed by atoms with Crippen molar-refractivity contribution in [2.24, 2.45) is 5.41 Å². The number of nitrogens with one attached hydrogen (secondary N) is 1. The largest absolute Gasteiger partial charge is 0.468 e.